The molecule has 1 aliphatic heterocycles. The van der Waals surface area contributed by atoms with Crippen molar-refractivity contribution in [3.8, 4) is 5.75 Å². The summed E-state index contributed by atoms with van der Waals surface area (Å²) in [4.78, 5) is 49.1. The van der Waals surface area contributed by atoms with Crippen molar-refractivity contribution in [3.05, 3.63) is 110 Å². The minimum Gasteiger partial charge on any atom is -0.423 e. The third-order valence-electron chi connectivity index (χ3n) is 4.84. The molecule has 3 aromatic carbocycles. The van der Waals surface area contributed by atoms with Crippen molar-refractivity contribution in [3.63, 3.8) is 0 Å². The highest BCUT2D eigenvalue weighted by molar-refractivity contribution is 8.18. The highest BCUT2D eigenvalue weighted by Crippen LogP contribution is 2.34. The van der Waals surface area contributed by atoms with Crippen LogP contribution in [-0.2, 0) is 11.3 Å². The van der Waals surface area contributed by atoms with Crippen molar-refractivity contribution in [2.45, 2.75) is 6.54 Å². The summed E-state index contributed by atoms with van der Waals surface area (Å²) in [6.07, 6.45) is 1.57. The van der Waals surface area contributed by atoms with Crippen molar-refractivity contribution in [1.29, 1.82) is 0 Å². The van der Waals surface area contributed by atoms with Crippen LogP contribution in [0.5, 0.6) is 5.75 Å². The molecule has 4 rings (SSSR count). The molecule has 0 aromatic heterocycles. The summed E-state index contributed by atoms with van der Waals surface area (Å²) >= 11 is 6.97. The average molecular weight is 495 g/mol. The molecule has 34 heavy (non-hydrogen) atoms. The number of ether oxygens (including phenoxy) is 1. The van der Waals surface area contributed by atoms with Gasteiger partial charge in [0, 0.05) is 17.2 Å². The highest BCUT2D eigenvalue weighted by atomic mass is 35.5. The molecule has 1 fully saturated rings. The Morgan fingerprint density at radius 1 is 1.06 bits per heavy atom. The SMILES string of the molecule is O=C(Oc1ccc(/C=C2\SC(=O)N(Cc3ccccc3Cl)C2=O)cc1)c1cccc([N+](=O)[O-])c1. The summed E-state index contributed by atoms with van der Waals surface area (Å²) in [6.45, 7) is 0.0776. The zero-order chi connectivity index (χ0) is 24.2. The number of nitrogens with zero attached hydrogens (tertiary/aromatic N) is 2. The van der Waals surface area contributed by atoms with E-state index >= 15 is 0 Å². The lowest BCUT2D eigenvalue weighted by Crippen LogP contribution is -2.27. The maximum Gasteiger partial charge on any atom is 0.343 e. The van der Waals surface area contributed by atoms with Gasteiger partial charge in [0.25, 0.3) is 16.8 Å². The molecule has 3 aromatic rings. The van der Waals surface area contributed by atoms with Gasteiger partial charge >= 0.3 is 5.97 Å². The van der Waals surface area contributed by atoms with Crippen molar-refractivity contribution in [1.82, 2.24) is 4.90 Å². The van der Waals surface area contributed by atoms with Crippen molar-refractivity contribution >= 4 is 52.2 Å². The van der Waals surface area contributed by atoms with E-state index in [1.165, 1.54) is 30.3 Å². The van der Waals surface area contributed by atoms with Crippen LogP contribution in [0.15, 0.2) is 77.7 Å². The summed E-state index contributed by atoms with van der Waals surface area (Å²) in [5.41, 5.74) is 1.12. The Kier molecular flexibility index (Phi) is 6.76. The fourth-order valence-corrected chi connectivity index (χ4v) is 4.16. The number of amides is 2. The third-order valence-corrected chi connectivity index (χ3v) is 6.12. The van der Waals surface area contributed by atoms with Gasteiger partial charge in [-0.25, -0.2) is 4.79 Å². The van der Waals surface area contributed by atoms with Crippen LogP contribution in [0, 0.1) is 10.1 Å². The van der Waals surface area contributed by atoms with Crippen molar-refractivity contribution in [2.24, 2.45) is 0 Å². The lowest BCUT2D eigenvalue weighted by atomic mass is 10.2. The van der Waals surface area contributed by atoms with Crippen molar-refractivity contribution in [2.75, 3.05) is 0 Å². The van der Waals surface area contributed by atoms with E-state index in [1.54, 1.807) is 42.5 Å². The molecule has 0 unspecified atom stereocenters. The van der Waals surface area contributed by atoms with Crippen LogP contribution in [0.25, 0.3) is 6.08 Å². The maximum absolute atomic E-state index is 12.7. The zero-order valence-electron chi connectivity index (χ0n) is 17.3. The molecule has 0 saturated carbocycles. The molecule has 0 N–H and O–H groups in total. The monoisotopic (exact) mass is 494 g/mol. The molecule has 10 heteroatoms. The van der Waals surface area contributed by atoms with E-state index in [-0.39, 0.29) is 28.5 Å². The normalized spacial score (nSPS) is 14.5. The molecular formula is C24H15ClN2O6S. The summed E-state index contributed by atoms with van der Waals surface area (Å²) < 4.78 is 5.26. The second-order valence-electron chi connectivity index (χ2n) is 7.13. The van der Waals surface area contributed by atoms with Gasteiger partial charge in [0.15, 0.2) is 0 Å². The number of carbonyl (C=O) groups is 3. The topological polar surface area (TPSA) is 107 Å². The molecule has 1 saturated heterocycles. The smallest absolute Gasteiger partial charge is 0.343 e. The molecule has 8 nitrogen and oxygen atoms in total. The minimum atomic E-state index is -0.739. The molecule has 2 amide bonds. The number of halogens is 1. The number of thioether (sulfide) groups is 1. The Labute approximate surface area is 202 Å². The Morgan fingerprint density at radius 3 is 2.50 bits per heavy atom. The molecule has 170 valence electrons. The van der Waals surface area contributed by atoms with E-state index in [0.29, 0.717) is 16.1 Å². The number of non-ortho nitro benzene ring substituents is 1. The van der Waals surface area contributed by atoms with Crippen LogP contribution in [0.4, 0.5) is 10.5 Å². The number of esters is 1. The predicted molar refractivity (Wildman–Crippen MR) is 127 cm³/mol. The van der Waals surface area contributed by atoms with Gasteiger partial charge in [0.2, 0.25) is 0 Å². The van der Waals surface area contributed by atoms with Gasteiger partial charge < -0.3 is 4.74 Å². The second-order valence-corrected chi connectivity index (χ2v) is 8.53. The molecule has 0 radical (unpaired) electrons. The largest absolute Gasteiger partial charge is 0.423 e. The second kappa shape index (κ2) is 9.90. The van der Waals surface area contributed by atoms with E-state index < -0.39 is 22.0 Å². The summed E-state index contributed by atoms with van der Waals surface area (Å²) in [5.74, 6) is -0.936. The van der Waals surface area contributed by atoms with E-state index in [0.717, 1.165) is 22.7 Å². The van der Waals surface area contributed by atoms with Gasteiger partial charge in [-0.05, 0) is 53.2 Å². The first kappa shape index (κ1) is 23.2. The standard InChI is InChI=1S/C24H15ClN2O6S/c25-20-7-2-1-4-17(20)14-26-22(28)21(34-24(26)30)12-15-8-10-19(11-9-15)33-23(29)16-5-3-6-18(13-16)27(31)32/h1-13H,14H2/b21-12-. The van der Waals surface area contributed by atoms with E-state index in [2.05, 4.69) is 0 Å². The van der Waals surface area contributed by atoms with E-state index in [9.17, 15) is 24.5 Å². The molecule has 1 aliphatic rings. The Balaban J connectivity index is 1.44. The first-order chi connectivity index (χ1) is 16.3. The summed E-state index contributed by atoms with van der Waals surface area (Å²) in [7, 11) is 0. The Morgan fingerprint density at radius 2 is 1.79 bits per heavy atom. The maximum atomic E-state index is 12.7. The number of hydrogen-bond acceptors (Lipinski definition) is 7. The van der Waals surface area contributed by atoms with E-state index in [1.807, 2.05) is 0 Å². The van der Waals surface area contributed by atoms with Crippen LogP contribution in [-0.4, -0.2) is 26.9 Å². The molecule has 1 heterocycles. The van der Waals surface area contributed by atoms with Crippen LogP contribution in [0.1, 0.15) is 21.5 Å². The first-order valence-electron chi connectivity index (χ1n) is 9.87. The Hall–Kier alpha value is -3.95. The summed E-state index contributed by atoms with van der Waals surface area (Å²) in [5, 5.41) is 11.0. The van der Waals surface area contributed by atoms with Crippen molar-refractivity contribution < 1.29 is 24.0 Å². The number of benzene rings is 3. The van der Waals surface area contributed by atoms with Crippen LogP contribution in [0.3, 0.4) is 0 Å². The van der Waals surface area contributed by atoms with E-state index in [4.69, 9.17) is 16.3 Å². The van der Waals surface area contributed by atoms with Gasteiger partial charge in [-0.1, -0.05) is 48.0 Å². The molecule has 0 bridgehead atoms. The van der Waals surface area contributed by atoms with Crippen LogP contribution < -0.4 is 4.74 Å². The minimum absolute atomic E-state index is 0.0467. The fraction of sp³-hybridized carbons (Fsp3) is 0.0417. The molecule has 0 aliphatic carbocycles. The molecular weight excluding hydrogens is 480 g/mol. The lowest BCUT2D eigenvalue weighted by molar-refractivity contribution is -0.384. The van der Waals surface area contributed by atoms with Gasteiger partial charge in [-0.2, -0.15) is 0 Å². The number of nitro groups is 1. The molecule has 0 atom stereocenters. The lowest BCUT2D eigenvalue weighted by Gasteiger charge is -2.13. The predicted octanol–water partition coefficient (Wildman–Crippen LogP) is 5.70. The zero-order valence-corrected chi connectivity index (χ0v) is 18.9. The highest BCUT2D eigenvalue weighted by Gasteiger charge is 2.35. The average Bonchev–Trinajstić information content (AvgIpc) is 3.09. The first-order valence-corrected chi connectivity index (χ1v) is 11.1. The number of hydrogen-bond donors (Lipinski definition) is 0. The fourth-order valence-electron chi connectivity index (χ4n) is 3.13. The third kappa shape index (κ3) is 5.16. The quantitative estimate of drug-likeness (QED) is 0.142. The summed E-state index contributed by atoms with van der Waals surface area (Å²) in [6, 6.07) is 18.5. The van der Waals surface area contributed by atoms with Gasteiger partial charge in [-0.15, -0.1) is 0 Å². The number of rotatable bonds is 6. The number of imide groups is 1. The van der Waals surface area contributed by atoms with Gasteiger partial charge in [0.05, 0.1) is 21.9 Å². The Bertz CT molecular complexity index is 1340. The van der Waals surface area contributed by atoms with Crippen LogP contribution >= 0.6 is 23.4 Å². The van der Waals surface area contributed by atoms with Gasteiger partial charge in [-0.3, -0.25) is 24.6 Å². The van der Waals surface area contributed by atoms with Crippen LogP contribution in [0.2, 0.25) is 5.02 Å². The number of carbonyl (C=O) groups excluding carboxylic acids is 3. The number of nitro benzene ring substituents is 1. The van der Waals surface area contributed by atoms with Gasteiger partial charge in [0.1, 0.15) is 5.75 Å². The molecule has 0 spiro atoms.